The molecule has 0 aliphatic heterocycles. The van der Waals surface area contributed by atoms with Gasteiger partial charge in [-0.2, -0.15) is 0 Å². The van der Waals surface area contributed by atoms with Crippen molar-refractivity contribution in [3.8, 4) is 0 Å². The first kappa shape index (κ1) is 10.6. The van der Waals surface area contributed by atoms with Crippen LogP contribution < -0.4 is 0 Å². The smallest absolute Gasteiger partial charge is 0.170 e. The van der Waals surface area contributed by atoms with Crippen molar-refractivity contribution in [2.45, 2.75) is 26.7 Å². The second kappa shape index (κ2) is 3.73. The Hall–Kier alpha value is -1.57. The Morgan fingerprint density at radius 2 is 2.12 bits per heavy atom. The van der Waals surface area contributed by atoms with Crippen molar-refractivity contribution < 1.29 is 9.21 Å². The maximum atomic E-state index is 12.4. The third-order valence-corrected chi connectivity index (χ3v) is 3.68. The van der Waals surface area contributed by atoms with Gasteiger partial charge in [0.15, 0.2) is 5.78 Å². The minimum absolute atomic E-state index is 0.223. The molecule has 0 N–H and O–H groups in total. The largest absolute Gasteiger partial charge is 0.460 e. The van der Waals surface area contributed by atoms with Gasteiger partial charge in [0.2, 0.25) is 0 Å². The van der Waals surface area contributed by atoms with Gasteiger partial charge in [-0.15, -0.1) is 0 Å². The monoisotopic (exact) mass is 228 g/mol. The number of Topliss-reactive ketones (excluding diaryl/α,β-unsaturated/α-hetero) is 1. The average Bonchev–Trinajstić information content (AvgIpc) is 2.95. The second-order valence-corrected chi connectivity index (χ2v) is 4.93. The zero-order valence-electron chi connectivity index (χ0n) is 10.2. The van der Waals surface area contributed by atoms with E-state index in [1.165, 1.54) is 0 Å². The summed E-state index contributed by atoms with van der Waals surface area (Å²) >= 11 is 0. The minimum Gasteiger partial charge on any atom is -0.460 e. The Morgan fingerprint density at radius 3 is 2.76 bits per heavy atom. The van der Waals surface area contributed by atoms with E-state index in [0.29, 0.717) is 5.92 Å². The highest BCUT2D eigenvalue weighted by Crippen LogP contribution is 2.42. The number of rotatable bonds is 3. The van der Waals surface area contributed by atoms with Crippen LogP contribution in [0, 0.1) is 11.8 Å². The zero-order valence-corrected chi connectivity index (χ0v) is 10.2. The minimum atomic E-state index is 0.223. The number of fused-ring (bicyclic) bond motifs is 1. The zero-order chi connectivity index (χ0) is 12.0. The predicted molar refractivity (Wildman–Crippen MR) is 67.2 cm³/mol. The molecule has 2 atom stereocenters. The lowest BCUT2D eigenvalue weighted by atomic mass is 10.0. The molecule has 0 bridgehead atoms. The molecule has 1 fully saturated rings. The molecular weight excluding hydrogens is 212 g/mol. The van der Waals surface area contributed by atoms with Gasteiger partial charge in [-0.25, -0.2) is 0 Å². The molecule has 0 radical (unpaired) electrons. The first-order chi connectivity index (χ1) is 8.22. The Balaban J connectivity index is 2.15. The lowest BCUT2D eigenvalue weighted by molar-refractivity contribution is 0.0962. The Morgan fingerprint density at radius 1 is 1.41 bits per heavy atom. The standard InChI is InChI=1S/C15H16O2/c1-3-12-14(15(16)11-8-9(11)2)10-6-4-5-7-13(10)17-12/h4-7,9,11H,3,8H2,1-2H3. The topological polar surface area (TPSA) is 30.2 Å². The molecule has 0 amide bonds. The van der Waals surface area contributed by atoms with Crippen LogP contribution in [0.4, 0.5) is 0 Å². The fraction of sp³-hybridized carbons (Fsp3) is 0.400. The lowest BCUT2D eigenvalue weighted by Crippen LogP contribution is -2.04. The third-order valence-electron chi connectivity index (χ3n) is 3.68. The van der Waals surface area contributed by atoms with Crippen LogP contribution in [0.3, 0.4) is 0 Å². The molecule has 1 aliphatic carbocycles. The number of carbonyl (C=O) groups excluding carboxylic acids is 1. The summed E-state index contributed by atoms with van der Waals surface area (Å²) in [5, 5.41) is 0.980. The molecular formula is C15H16O2. The van der Waals surface area contributed by atoms with Crippen molar-refractivity contribution >= 4 is 16.8 Å². The summed E-state index contributed by atoms with van der Waals surface area (Å²) in [5.41, 5.74) is 1.67. The van der Waals surface area contributed by atoms with Crippen LogP contribution in [-0.2, 0) is 6.42 Å². The van der Waals surface area contributed by atoms with E-state index < -0.39 is 0 Å². The van der Waals surface area contributed by atoms with Gasteiger partial charge < -0.3 is 4.42 Å². The first-order valence-electron chi connectivity index (χ1n) is 6.27. The highest BCUT2D eigenvalue weighted by atomic mass is 16.3. The quantitative estimate of drug-likeness (QED) is 0.747. The van der Waals surface area contributed by atoms with Crippen LogP contribution in [-0.4, -0.2) is 5.78 Å². The highest BCUT2D eigenvalue weighted by molar-refractivity contribution is 6.10. The fourth-order valence-corrected chi connectivity index (χ4v) is 2.49. The molecule has 3 rings (SSSR count). The average molecular weight is 228 g/mol. The molecule has 0 saturated heterocycles. The van der Waals surface area contributed by atoms with Crippen molar-refractivity contribution in [2.24, 2.45) is 11.8 Å². The molecule has 1 heterocycles. The predicted octanol–water partition coefficient (Wildman–Crippen LogP) is 3.83. The summed E-state index contributed by atoms with van der Waals surface area (Å²) in [5.74, 6) is 1.89. The van der Waals surface area contributed by atoms with Crippen molar-refractivity contribution in [3.63, 3.8) is 0 Å². The summed E-state index contributed by atoms with van der Waals surface area (Å²) in [7, 11) is 0. The summed E-state index contributed by atoms with van der Waals surface area (Å²) in [6, 6.07) is 7.82. The van der Waals surface area contributed by atoms with E-state index >= 15 is 0 Å². The van der Waals surface area contributed by atoms with Crippen molar-refractivity contribution in [1.82, 2.24) is 0 Å². The van der Waals surface area contributed by atoms with E-state index in [-0.39, 0.29) is 11.7 Å². The van der Waals surface area contributed by atoms with E-state index in [4.69, 9.17) is 4.42 Å². The van der Waals surface area contributed by atoms with Gasteiger partial charge >= 0.3 is 0 Å². The summed E-state index contributed by atoms with van der Waals surface area (Å²) in [6.45, 7) is 4.17. The number of benzene rings is 1. The third kappa shape index (κ3) is 1.59. The molecule has 88 valence electrons. The number of hydrogen-bond acceptors (Lipinski definition) is 2. The van der Waals surface area contributed by atoms with E-state index in [0.717, 1.165) is 35.1 Å². The van der Waals surface area contributed by atoms with Crippen molar-refractivity contribution in [1.29, 1.82) is 0 Å². The molecule has 2 aromatic rings. The van der Waals surface area contributed by atoms with Gasteiger partial charge in [-0.3, -0.25) is 4.79 Å². The Bertz CT molecular complexity index is 580. The van der Waals surface area contributed by atoms with Crippen LogP contribution in [0.5, 0.6) is 0 Å². The Labute approximate surface area is 101 Å². The summed E-state index contributed by atoms with van der Waals surface area (Å²) in [4.78, 5) is 12.4. The number of furan rings is 1. The molecule has 1 saturated carbocycles. The normalized spacial score (nSPS) is 22.9. The highest BCUT2D eigenvalue weighted by Gasteiger charge is 2.41. The molecule has 1 aromatic heterocycles. The SMILES string of the molecule is CCc1oc2ccccc2c1C(=O)C1CC1C. The van der Waals surface area contributed by atoms with Gasteiger partial charge in [-0.1, -0.05) is 32.0 Å². The number of carbonyl (C=O) groups is 1. The summed E-state index contributed by atoms with van der Waals surface area (Å²) in [6.07, 6.45) is 1.80. The van der Waals surface area contributed by atoms with Crippen LogP contribution in [0.2, 0.25) is 0 Å². The van der Waals surface area contributed by atoms with Crippen LogP contribution >= 0.6 is 0 Å². The first-order valence-corrected chi connectivity index (χ1v) is 6.27. The molecule has 2 heteroatoms. The molecule has 2 nitrogen and oxygen atoms in total. The van der Waals surface area contributed by atoms with Gasteiger partial charge in [0, 0.05) is 17.7 Å². The molecule has 2 unspecified atom stereocenters. The number of hydrogen-bond donors (Lipinski definition) is 0. The number of aryl methyl sites for hydroxylation is 1. The van der Waals surface area contributed by atoms with Gasteiger partial charge in [-0.05, 0) is 18.4 Å². The maximum absolute atomic E-state index is 12.4. The van der Waals surface area contributed by atoms with E-state index in [2.05, 4.69) is 6.92 Å². The van der Waals surface area contributed by atoms with Gasteiger partial charge in [0.1, 0.15) is 11.3 Å². The molecule has 1 aromatic carbocycles. The summed E-state index contributed by atoms with van der Waals surface area (Å²) < 4.78 is 5.76. The fourth-order valence-electron chi connectivity index (χ4n) is 2.49. The van der Waals surface area contributed by atoms with Crippen molar-refractivity contribution in [3.05, 3.63) is 35.6 Å². The Kier molecular flexibility index (Phi) is 2.32. The van der Waals surface area contributed by atoms with Gasteiger partial charge in [0.25, 0.3) is 0 Å². The van der Waals surface area contributed by atoms with Crippen LogP contribution in [0.25, 0.3) is 11.0 Å². The second-order valence-electron chi connectivity index (χ2n) is 4.93. The van der Waals surface area contributed by atoms with Crippen LogP contribution in [0.1, 0.15) is 36.4 Å². The lowest BCUT2D eigenvalue weighted by Gasteiger charge is -1.99. The van der Waals surface area contributed by atoms with E-state index in [1.807, 2.05) is 31.2 Å². The van der Waals surface area contributed by atoms with E-state index in [1.54, 1.807) is 0 Å². The number of ketones is 1. The molecule has 17 heavy (non-hydrogen) atoms. The molecule has 0 spiro atoms. The number of para-hydroxylation sites is 1. The van der Waals surface area contributed by atoms with Gasteiger partial charge in [0.05, 0.1) is 5.56 Å². The van der Waals surface area contributed by atoms with Crippen LogP contribution in [0.15, 0.2) is 28.7 Å². The molecule has 1 aliphatic rings. The van der Waals surface area contributed by atoms with E-state index in [9.17, 15) is 4.79 Å². The van der Waals surface area contributed by atoms with Crippen molar-refractivity contribution in [2.75, 3.05) is 0 Å². The maximum Gasteiger partial charge on any atom is 0.170 e.